The van der Waals surface area contributed by atoms with Gasteiger partial charge in [0.15, 0.2) is 0 Å². The lowest BCUT2D eigenvalue weighted by molar-refractivity contribution is 0.101. The largest absolute Gasteiger partial charge is 0.328 e. The van der Waals surface area contributed by atoms with Crippen LogP contribution in [0.5, 0.6) is 0 Å². The third-order valence-corrected chi connectivity index (χ3v) is 13.1. The molecule has 1 aliphatic rings. The van der Waals surface area contributed by atoms with E-state index < -0.39 is 11.8 Å². The van der Waals surface area contributed by atoms with Crippen LogP contribution >= 0.6 is 0 Å². The number of rotatable bonds is 4. The molecule has 286 valence electrons. The molecule has 0 N–H and O–H groups in total. The highest BCUT2D eigenvalue weighted by Gasteiger charge is 2.53. The van der Waals surface area contributed by atoms with Gasteiger partial charge < -0.3 is 18.3 Å². The van der Waals surface area contributed by atoms with Crippen LogP contribution in [0.3, 0.4) is 0 Å². The first kappa shape index (κ1) is 33.8. The number of hydrogen-bond donors (Lipinski definition) is 0. The number of aromatic nitrogens is 4. The summed E-state index contributed by atoms with van der Waals surface area (Å²) in [5.74, 6) is -2.43. The second-order valence-electron chi connectivity index (χ2n) is 16.0. The number of nitriles is 1. The van der Waals surface area contributed by atoms with Gasteiger partial charge in [0, 0.05) is 54.1 Å². The number of benzene rings is 8. The summed E-state index contributed by atoms with van der Waals surface area (Å²) >= 11 is 0. The monoisotopic (exact) mass is 783 g/mol. The Kier molecular flexibility index (Phi) is 6.89. The molecule has 13 rings (SSSR count). The predicted octanol–water partition coefficient (Wildman–Crippen LogP) is 14.0. The molecule has 61 heavy (non-hydrogen) atoms. The number of para-hydroxylation sites is 8. The molecule has 1 aliphatic carbocycles. The normalized spacial score (nSPS) is 17.2. The fourth-order valence-electron chi connectivity index (χ4n) is 10.7. The van der Waals surface area contributed by atoms with E-state index in [4.69, 9.17) is 0 Å². The quantitative estimate of drug-likeness (QED) is 0.175. The van der Waals surface area contributed by atoms with E-state index in [-0.39, 0.29) is 11.3 Å². The summed E-state index contributed by atoms with van der Waals surface area (Å²) in [6, 6.07) is 67.4. The third-order valence-electron chi connectivity index (χ3n) is 13.1. The maximum absolute atomic E-state index is 21.5. The SMILES string of the molecule is N#CC1=C(n2c3ccccc3c3ccccc32)C(F)(n2c3ccccc3c3ccccc32)C(n2c3ccccc3c3ccccc32)C=C1n1c2ccccc2c2ccccc21. The van der Waals surface area contributed by atoms with Crippen LogP contribution in [-0.2, 0) is 5.79 Å². The molecule has 2 atom stereocenters. The Balaban J connectivity index is 1.31. The van der Waals surface area contributed by atoms with E-state index in [9.17, 15) is 5.26 Å². The molecule has 2 unspecified atom stereocenters. The maximum Gasteiger partial charge on any atom is 0.254 e. The number of fused-ring (bicyclic) bond motifs is 12. The van der Waals surface area contributed by atoms with Gasteiger partial charge in [0.25, 0.3) is 5.79 Å². The van der Waals surface area contributed by atoms with Gasteiger partial charge in [-0.25, -0.2) is 4.39 Å². The van der Waals surface area contributed by atoms with Crippen LogP contribution in [0.4, 0.5) is 4.39 Å². The molecule has 0 spiro atoms. The molecule has 0 aliphatic heterocycles. The summed E-state index contributed by atoms with van der Waals surface area (Å²) in [5.41, 5.74) is 7.91. The molecule has 6 heteroatoms. The van der Waals surface area contributed by atoms with Crippen LogP contribution in [0.25, 0.3) is 98.6 Å². The number of allylic oxidation sites excluding steroid dienone is 4. The van der Waals surface area contributed by atoms with Gasteiger partial charge >= 0.3 is 0 Å². The highest BCUT2D eigenvalue weighted by Crippen LogP contribution is 2.56. The van der Waals surface area contributed by atoms with Crippen molar-refractivity contribution in [2.24, 2.45) is 0 Å². The summed E-state index contributed by atoms with van der Waals surface area (Å²) < 4.78 is 29.8. The highest BCUT2D eigenvalue weighted by atomic mass is 19.1. The minimum Gasteiger partial charge on any atom is -0.328 e. The van der Waals surface area contributed by atoms with Gasteiger partial charge in [0.05, 0.1) is 38.8 Å². The molecule has 0 radical (unpaired) electrons. The van der Waals surface area contributed by atoms with Gasteiger partial charge in [-0.2, -0.15) is 5.26 Å². The predicted molar refractivity (Wildman–Crippen MR) is 249 cm³/mol. The average molecular weight is 784 g/mol. The van der Waals surface area contributed by atoms with Gasteiger partial charge in [-0.1, -0.05) is 146 Å². The summed E-state index contributed by atoms with van der Waals surface area (Å²) in [6.07, 6.45) is 2.04. The van der Waals surface area contributed by atoms with Crippen LogP contribution in [0.15, 0.2) is 206 Å². The van der Waals surface area contributed by atoms with E-state index in [1.165, 1.54) is 0 Å². The van der Waals surface area contributed by atoms with Gasteiger partial charge in [0.1, 0.15) is 23.4 Å². The molecule has 0 bridgehead atoms. The molecule has 0 saturated carbocycles. The first-order valence-corrected chi connectivity index (χ1v) is 20.7. The van der Waals surface area contributed by atoms with Crippen molar-refractivity contribution in [1.29, 1.82) is 5.26 Å². The first-order chi connectivity index (χ1) is 30.2. The molecule has 0 fully saturated rings. The molecular weight excluding hydrogens is 750 g/mol. The Bertz CT molecular complexity index is 3720. The van der Waals surface area contributed by atoms with E-state index in [1.54, 1.807) is 0 Å². The second kappa shape index (κ2) is 12.4. The standard InChI is InChI=1S/C55H34FN5/c56-55(61-50-31-15-7-23-41(50)42-24-8-16-32-51(42)61)53(59-46-27-11-3-19-37(46)38-20-4-12-28-47(38)59)33-52(58-44-25-9-1-17-35(44)36-18-2-10-26-45(36)58)43(34-57)54(55)60-48-29-13-5-21-39(48)40-22-6-14-30-49(40)60/h1-33,53H. The van der Waals surface area contributed by atoms with Crippen LogP contribution in [0, 0.1) is 11.3 Å². The zero-order valence-electron chi connectivity index (χ0n) is 32.7. The molecule has 8 aromatic carbocycles. The lowest BCUT2D eigenvalue weighted by atomic mass is 9.87. The van der Waals surface area contributed by atoms with Crippen LogP contribution in [0.2, 0.25) is 0 Å². The number of alkyl halides is 1. The van der Waals surface area contributed by atoms with Crippen LogP contribution in [-0.4, -0.2) is 18.3 Å². The Morgan fingerprint density at radius 1 is 0.393 bits per heavy atom. The molecule has 5 nitrogen and oxygen atoms in total. The lowest BCUT2D eigenvalue weighted by Crippen LogP contribution is -2.43. The van der Waals surface area contributed by atoms with Crippen molar-refractivity contribution < 1.29 is 4.39 Å². The van der Waals surface area contributed by atoms with Crippen molar-refractivity contribution in [3.8, 4) is 6.07 Å². The Morgan fingerprint density at radius 2 is 0.689 bits per heavy atom. The van der Waals surface area contributed by atoms with E-state index in [0.717, 1.165) is 87.2 Å². The number of hydrogen-bond acceptors (Lipinski definition) is 1. The van der Waals surface area contributed by atoms with Crippen LogP contribution < -0.4 is 0 Å². The van der Waals surface area contributed by atoms with E-state index in [0.29, 0.717) is 5.70 Å². The average Bonchev–Trinajstić information content (AvgIpc) is 4.04. The van der Waals surface area contributed by atoms with Crippen molar-refractivity contribution in [3.05, 3.63) is 206 Å². The summed E-state index contributed by atoms with van der Waals surface area (Å²) in [7, 11) is 0. The molecule has 12 aromatic rings. The van der Waals surface area contributed by atoms with Crippen molar-refractivity contribution >= 4 is 98.6 Å². The second-order valence-corrected chi connectivity index (χ2v) is 16.0. The topological polar surface area (TPSA) is 43.5 Å². The summed E-state index contributed by atoms with van der Waals surface area (Å²) in [5, 5.41) is 20.0. The molecular formula is C55H34FN5. The maximum atomic E-state index is 21.5. The smallest absolute Gasteiger partial charge is 0.254 e. The van der Waals surface area contributed by atoms with E-state index >= 15 is 4.39 Å². The Morgan fingerprint density at radius 3 is 1.07 bits per heavy atom. The molecule has 4 aromatic heterocycles. The first-order valence-electron chi connectivity index (χ1n) is 20.7. The minimum atomic E-state index is -2.43. The van der Waals surface area contributed by atoms with Crippen molar-refractivity contribution in [1.82, 2.24) is 18.3 Å². The van der Waals surface area contributed by atoms with Gasteiger partial charge in [0.2, 0.25) is 0 Å². The zero-order valence-corrected chi connectivity index (χ0v) is 32.7. The summed E-state index contributed by atoms with van der Waals surface area (Å²) in [6.45, 7) is 0. The van der Waals surface area contributed by atoms with E-state index in [2.05, 4.69) is 117 Å². The Hall–Kier alpha value is -8.14. The lowest BCUT2D eigenvalue weighted by Gasteiger charge is -2.42. The molecule has 4 heterocycles. The molecule has 0 saturated heterocycles. The van der Waals surface area contributed by atoms with Gasteiger partial charge in [-0.15, -0.1) is 0 Å². The minimum absolute atomic E-state index is 0.249. The van der Waals surface area contributed by atoms with Gasteiger partial charge in [-0.3, -0.25) is 0 Å². The van der Waals surface area contributed by atoms with Gasteiger partial charge in [-0.05, 0) is 54.6 Å². The zero-order chi connectivity index (χ0) is 40.4. The Labute approximate surface area is 348 Å². The number of halogens is 1. The summed E-state index contributed by atoms with van der Waals surface area (Å²) in [4.78, 5) is 0. The van der Waals surface area contributed by atoms with E-state index in [1.807, 2.05) is 108 Å². The fourth-order valence-corrected chi connectivity index (χ4v) is 10.7. The third kappa shape index (κ3) is 4.37. The van der Waals surface area contributed by atoms with Crippen molar-refractivity contribution in [3.63, 3.8) is 0 Å². The van der Waals surface area contributed by atoms with Crippen molar-refractivity contribution in [2.45, 2.75) is 11.8 Å². The van der Waals surface area contributed by atoms with Crippen LogP contribution in [0.1, 0.15) is 6.04 Å². The van der Waals surface area contributed by atoms with Crippen molar-refractivity contribution in [2.75, 3.05) is 0 Å². The molecule has 0 amide bonds. The number of nitrogens with zero attached hydrogens (tertiary/aromatic N) is 5. The fraction of sp³-hybridized carbons (Fsp3) is 0.0364. The highest BCUT2D eigenvalue weighted by molar-refractivity contribution is 6.15.